The van der Waals surface area contributed by atoms with E-state index >= 15 is 0 Å². The van der Waals surface area contributed by atoms with Gasteiger partial charge in [0.2, 0.25) is 0 Å². The molecule has 0 N–H and O–H groups in total. The van der Waals surface area contributed by atoms with E-state index in [1.165, 1.54) is 15.6 Å². The second-order valence-corrected chi connectivity index (χ2v) is 9.84. The summed E-state index contributed by atoms with van der Waals surface area (Å²) in [5.41, 5.74) is 0. The Bertz CT molecular complexity index is 698. The quantitative estimate of drug-likeness (QED) is 0.663. The first-order chi connectivity index (χ1) is 9.89. The fraction of sp³-hybridized carbons (Fsp3) is 0.231. The zero-order valence-electron chi connectivity index (χ0n) is 11.1. The molecule has 0 unspecified atom stereocenters. The topological polar surface area (TPSA) is 46.6 Å². The maximum Gasteiger partial charge on any atom is 0.252 e. The Balaban J connectivity index is 1.92. The normalized spacial score (nSPS) is 11.8. The summed E-state index contributed by atoms with van der Waals surface area (Å²) in [6.45, 7) is 0.581. The van der Waals surface area contributed by atoms with E-state index in [2.05, 4.69) is 31.9 Å². The monoisotopic (exact) mass is 453 g/mol. The van der Waals surface area contributed by atoms with E-state index in [0.29, 0.717) is 16.6 Å². The lowest BCUT2D eigenvalue weighted by Gasteiger charge is -2.16. The van der Waals surface area contributed by atoms with Crippen LogP contribution in [0.25, 0.3) is 0 Å². The van der Waals surface area contributed by atoms with E-state index < -0.39 is 10.0 Å². The number of halogens is 2. The molecular formula is C13H13Br2NO3S2. The van der Waals surface area contributed by atoms with Gasteiger partial charge in [0.1, 0.15) is 16.6 Å². The lowest BCUT2D eigenvalue weighted by Crippen LogP contribution is -2.30. The molecule has 0 saturated carbocycles. The van der Waals surface area contributed by atoms with Crippen LogP contribution in [0.2, 0.25) is 0 Å². The van der Waals surface area contributed by atoms with E-state index in [1.54, 1.807) is 19.2 Å². The molecule has 1 heterocycles. The van der Waals surface area contributed by atoms with Crippen LogP contribution in [0.5, 0.6) is 5.75 Å². The van der Waals surface area contributed by atoms with E-state index in [4.69, 9.17) is 4.74 Å². The molecule has 8 heteroatoms. The van der Waals surface area contributed by atoms with Crippen molar-refractivity contribution in [1.82, 2.24) is 4.31 Å². The summed E-state index contributed by atoms with van der Waals surface area (Å²) in [6, 6.07) is 10.7. The third-order valence-electron chi connectivity index (χ3n) is 2.70. The minimum Gasteiger partial charge on any atom is -0.492 e. The maximum atomic E-state index is 12.3. The first kappa shape index (κ1) is 17.0. The van der Waals surface area contributed by atoms with Crippen molar-refractivity contribution >= 4 is 53.2 Å². The van der Waals surface area contributed by atoms with Gasteiger partial charge in [0.05, 0.1) is 3.79 Å². The molecule has 0 aliphatic carbocycles. The van der Waals surface area contributed by atoms with Gasteiger partial charge < -0.3 is 4.74 Å². The van der Waals surface area contributed by atoms with Gasteiger partial charge in [-0.3, -0.25) is 0 Å². The van der Waals surface area contributed by atoms with Crippen LogP contribution in [-0.4, -0.2) is 32.9 Å². The molecule has 0 bridgehead atoms. The van der Waals surface area contributed by atoms with Crippen LogP contribution in [-0.2, 0) is 10.0 Å². The molecule has 0 amide bonds. The van der Waals surface area contributed by atoms with Crippen molar-refractivity contribution in [3.8, 4) is 5.75 Å². The smallest absolute Gasteiger partial charge is 0.252 e. The summed E-state index contributed by atoms with van der Waals surface area (Å²) in [5, 5.41) is 0. The van der Waals surface area contributed by atoms with Crippen molar-refractivity contribution in [2.75, 3.05) is 20.2 Å². The van der Waals surface area contributed by atoms with Gasteiger partial charge in [-0.05, 0) is 52.3 Å². The molecule has 1 aromatic heterocycles. The Morgan fingerprint density at radius 1 is 1.14 bits per heavy atom. The molecule has 2 aromatic rings. The first-order valence-electron chi connectivity index (χ1n) is 5.99. The standard InChI is InChI=1S/C13H13Br2NO3S2/c1-16(21(17,18)13-7-6-12(15)20-13)8-9-19-11-4-2-10(14)3-5-11/h2-7H,8-9H2,1H3. The predicted molar refractivity (Wildman–Crippen MR) is 91.5 cm³/mol. The molecule has 21 heavy (non-hydrogen) atoms. The van der Waals surface area contributed by atoms with Crippen LogP contribution in [0.3, 0.4) is 0 Å². The summed E-state index contributed by atoms with van der Waals surface area (Å²) in [5.74, 6) is 0.711. The number of nitrogens with zero attached hydrogens (tertiary/aromatic N) is 1. The number of ether oxygens (including phenoxy) is 1. The van der Waals surface area contributed by atoms with E-state index in [0.717, 1.165) is 8.26 Å². The number of hydrogen-bond donors (Lipinski definition) is 0. The molecule has 0 saturated heterocycles. The summed E-state index contributed by atoms with van der Waals surface area (Å²) in [7, 11) is -1.90. The molecule has 0 radical (unpaired) electrons. The highest BCUT2D eigenvalue weighted by molar-refractivity contribution is 9.11. The Labute approximate surface area is 145 Å². The van der Waals surface area contributed by atoms with E-state index in [1.807, 2.05) is 24.3 Å². The largest absolute Gasteiger partial charge is 0.492 e. The van der Waals surface area contributed by atoms with Crippen LogP contribution < -0.4 is 4.74 Å². The summed E-state index contributed by atoms with van der Waals surface area (Å²) in [6.07, 6.45) is 0. The minimum atomic E-state index is -3.44. The number of sulfonamides is 1. The predicted octanol–water partition coefficient (Wildman–Crippen LogP) is 3.97. The molecule has 0 spiro atoms. The van der Waals surface area contributed by atoms with Gasteiger partial charge in [-0.15, -0.1) is 11.3 Å². The van der Waals surface area contributed by atoms with Gasteiger partial charge in [-0.2, -0.15) is 4.31 Å². The van der Waals surface area contributed by atoms with Crippen LogP contribution in [0.4, 0.5) is 0 Å². The number of rotatable bonds is 6. The molecule has 1 aromatic carbocycles. The van der Waals surface area contributed by atoms with Gasteiger partial charge in [0.25, 0.3) is 10.0 Å². The van der Waals surface area contributed by atoms with Gasteiger partial charge in [-0.1, -0.05) is 15.9 Å². The average Bonchev–Trinajstić information content (AvgIpc) is 2.88. The SMILES string of the molecule is CN(CCOc1ccc(Br)cc1)S(=O)(=O)c1ccc(Br)s1. The molecule has 2 rings (SSSR count). The van der Waals surface area contributed by atoms with Crippen molar-refractivity contribution in [2.45, 2.75) is 4.21 Å². The Kier molecular flexibility index (Phi) is 5.84. The highest BCUT2D eigenvalue weighted by Gasteiger charge is 2.22. The fourth-order valence-corrected chi connectivity index (χ4v) is 5.17. The number of likely N-dealkylation sites (N-methyl/N-ethyl adjacent to an activating group) is 1. The maximum absolute atomic E-state index is 12.3. The second kappa shape index (κ2) is 7.23. The highest BCUT2D eigenvalue weighted by Crippen LogP contribution is 2.27. The number of thiophene rings is 1. The van der Waals surface area contributed by atoms with Crippen LogP contribution in [0, 0.1) is 0 Å². The highest BCUT2D eigenvalue weighted by atomic mass is 79.9. The van der Waals surface area contributed by atoms with Crippen molar-refractivity contribution in [3.63, 3.8) is 0 Å². The van der Waals surface area contributed by atoms with E-state index in [-0.39, 0.29) is 6.54 Å². The summed E-state index contributed by atoms with van der Waals surface area (Å²) in [4.78, 5) is 0. The zero-order valence-corrected chi connectivity index (χ0v) is 15.9. The van der Waals surface area contributed by atoms with Gasteiger partial charge >= 0.3 is 0 Å². The third kappa shape index (κ3) is 4.53. The molecule has 0 atom stereocenters. The second-order valence-electron chi connectivity index (χ2n) is 4.19. The van der Waals surface area contributed by atoms with Crippen molar-refractivity contribution in [2.24, 2.45) is 0 Å². The van der Waals surface area contributed by atoms with Crippen molar-refractivity contribution in [3.05, 3.63) is 44.7 Å². The Morgan fingerprint density at radius 2 is 1.81 bits per heavy atom. The summed E-state index contributed by atoms with van der Waals surface area (Å²) < 4.78 is 33.5. The number of benzene rings is 1. The van der Waals surface area contributed by atoms with Gasteiger partial charge in [-0.25, -0.2) is 8.42 Å². The molecular weight excluding hydrogens is 442 g/mol. The van der Waals surface area contributed by atoms with Gasteiger partial charge in [0, 0.05) is 18.1 Å². The lowest BCUT2D eigenvalue weighted by atomic mass is 10.3. The Hall–Kier alpha value is -0.410. The van der Waals surface area contributed by atoms with Gasteiger partial charge in [0.15, 0.2) is 0 Å². The minimum absolute atomic E-state index is 0.286. The van der Waals surface area contributed by atoms with Crippen LogP contribution in [0.15, 0.2) is 48.9 Å². The van der Waals surface area contributed by atoms with Crippen molar-refractivity contribution < 1.29 is 13.2 Å². The van der Waals surface area contributed by atoms with Crippen LogP contribution in [0.1, 0.15) is 0 Å². The number of hydrogen-bond acceptors (Lipinski definition) is 4. The van der Waals surface area contributed by atoms with Crippen molar-refractivity contribution in [1.29, 1.82) is 0 Å². The molecule has 0 aliphatic heterocycles. The molecule has 0 aliphatic rings. The fourth-order valence-electron chi connectivity index (χ4n) is 1.53. The molecule has 4 nitrogen and oxygen atoms in total. The first-order valence-corrected chi connectivity index (χ1v) is 9.84. The summed E-state index contributed by atoms with van der Waals surface area (Å²) >= 11 is 7.81. The molecule has 0 fully saturated rings. The lowest BCUT2D eigenvalue weighted by molar-refractivity contribution is 0.287. The zero-order chi connectivity index (χ0) is 15.5. The molecule has 114 valence electrons. The Morgan fingerprint density at radius 3 is 2.38 bits per heavy atom. The van der Waals surface area contributed by atoms with E-state index in [9.17, 15) is 8.42 Å². The average molecular weight is 455 g/mol. The van der Waals surface area contributed by atoms with Crippen LogP contribution >= 0.6 is 43.2 Å². The third-order valence-corrected chi connectivity index (χ3v) is 7.18.